The number of hydrogen-bond acceptors (Lipinski definition) is 10. The van der Waals surface area contributed by atoms with Crippen molar-refractivity contribution in [3.05, 3.63) is 51.0 Å². The van der Waals surface area contributed by atoms with E-state index in [1.807, 2.05) is 0 Å². The van der Waals surface area contributed by atoms with Gasteiger partial charge in [-0.3, -0.25) is 19.3 Å². The SMILES string of the molecule is N#CCC(=O)N[C@@H]1C(=O)N2C(C(=O)O)=C(COC(=O)NC3CCN(c4c(F)cc5c(=O)c(C(=O)O)cn(C6CC6)c5c4F)C3)CS[C@H]12. The molecule has 47 heavy (non-hydrogen) atoms. The number of amides is 3. The lowest BCUT2D eigenvalue weighted by Crippen LogP contribution is -2.70. The molecule has 1 aromatic heterocycles. The number of halogens is 2. The molecule has 4 N–H and O–H groups in total. The van der Waals surface area contributed by atoms with Crippen LogP contribution in [0.25, 0.3) is 10.9 Å². The Balaban J connectivity index is 1.12. The zero-order valence-electron chi connectivity index (χ0n) is 24.3. The van der Waals surface area contributed by atoms with Gasteiger partial charge in [-0.05, 0) is 25.3 Å². The first-order valence-electron chi connectivity index (χ1n) is 14.5. The summed E-state index contributed by atoms with van der Waals surface area (Å²) in [5, 5.41) is 31.8. The maximum atomic E-state index is 16.0. The highest BCUT2D eigenvalue weighted by Gasteiger charge is 2.54. The Morgan fingerprint density at radius 1 is 1.11 bits per heavy atom. The Morgan fingerprint density at radius 2 is 1.85 bits per heavy atom. The Kier molecular flexibility index (Phi) is 8.26. The summed E-state index contributed by atoms with van der Waals surface area (Å²) < 4.78 is 37.9. The van der Waals surface area contributed by atoms with Gasteiger partial charge in [-0.25, -0.2) is 23.2 Å². The molecule has 18 heteroatoms. The normalized spacial score (nSPS) is 22.0. The fourth-order valence-electron chi connectivity index (χ4n) is 6.05. The number of aromatic carboxylic acids is 1. The van der Waals surface area contributed by atoms with E-state index >= 15 is 8.78 Å². The van der Waals surface area contributed by atoms with Crippen LogP contribution in [-0.4, -0.2) is 92.4 Å². The van der Waals surface area contributed by atoms with Gasteiger partial charge in [0.05, 0.1) is 23.0 Å². The van der Waals surface area contributed by atoms with E-state index in [0.717, 1.165) is 28.9 Å². The lowest BCUT2D eigenvalue weighted by atomic mass is 10.0. The van der Waals surface area contributed by atoms with Crippen LogP contribution >= 0.6 is 11.8 Å². The third kappa shape index (κ3) is 5.71. The predicted octanol–water partition coefficient (Wildman–Crippen LogP) is 1.27. The molecule has 3 amide bonds. The first-order chi connectivity index (χ1) is 22.4. The molecule has 1 aliphatic carbocycles. The van der Waals surface area contributed by atoms with Crippen molar-refractivity contribution < 1.29 is 47.7 Å². The number of nitrogens with one attached hydrogen (secondary N) is 2. The van der Waals surface area contributed by atoms with Crippen LogP contribution < -0.4 is 21.0 Å². The number of thioether (sulfide) groups is 1. The van der Waals surface area contributed by atoms with Gasteiger partial charge in [-0.2, -0.15) is 5.26 Å². The number of rotatable bonds is 9. The van der Waals surface area contributed by atoms with Gasteiger partial charge in [-0.15, -0.1) is 11.8 Å². The summed E-state index contributed by atoms with van der Waals surface area (Å²) in [7, 11) is 0. The van der Waals surface area contributed by atoms with Crippen molar-refractivity contribution in [2.75, 3.05) is 30.3 Å². The summed E-state index contributed by atoms with van der Waals surface area (Å²) in [5.41, 5.74) is -2.41. The van der Waals surface area contributed by atoms with E-state index in [1.54, 1.807) is 6.07 Å². The van der Waals surface area contributed by atoms with E-state index in [1.165, 1.54) is 9.47 Å². The van der Waals surface area contributed by atoms with Crippen molar-refractivity contribution in [2.45, 2.75) is 49.2 Å². The molecule has 3 aliphatic heterocycles. The number of alkyl carbamates (subject to hydrolysis) is 1. The number of carboxylic acids is 2. The van der Waals surface area contributed by atoms with Gasteiger partial charge in [0.2, 0.25) is 11.3 Å². The average Bonchev–Trinajstić information content (AvgIpc) is 3.77. The van der Waals surface area contributed by atoms with Crippen LogP contribution in [-0.2, 0) is 19.1 Å². The van der Waals surface area contributed by atoms with Crippen LogP contribution in [0.15, 0.2) is 28.3 Å². The van der Waals surface area contributed by atoms with E-state index in [-0.39, 0.29) is 53.5 Å². The highest BCUT2D eigenvalue weighted by Crippen LogP contribution is 2.41. The predicted molar refractivity (Wildman–Crippen MR) is 158 cm³/mol. The smallest absolute Gasteiger partial charge is 0.407 e. The number of benzene rings is 1. The summed E-state index contributed by atoms with van der Waals surface area (Å²) in [6, 6.07) is 0.659. The maximum Gasteiger partial charge on any atom is 0.407 e. The fourth-order valence-corrected chi connectivity index (χ4v) is 7.37. The van der Waals surface area contributed by atoms with E-state index in [9.17, 15) is 39.0 Å². The molecule has 15 nitrogen and oxygen atoms in total. The van der Waals surface area contributed by atoms with Gasteiger partial charge in [0.25, 0.3) is 5.91 Å². The molecular weight excluding hydrogens is 646 g/mol. The minimum atomic E-state index is -1.50. The topological polar surface area (TPSA) is 211 Å². The number of anilines is 1. The highest BCUT2D eigenvalue weighted by molar-refractivity contribution is 8.00. The molecule has 2 saturated heterocycles. The second kappa shape index (κ2) is 12.2. The van der Waals surface area contributed by atoms with E-state index in [4.69, 9.17) is 10.00 Å². The second-order valence-corrected chi connectivity index (χ2v) is 12.5. The molecule has 4 heterocycles. The molecule has 1 aromatic carbocycles. The number of hydrogen-bond donors (Lipinski definition) is 4. The lowest BCUT2D eigenvalue weighted by Gasteiger charge is -2.49. The number of β-lactam (4-membered cyclic amide) rings is 1. The fraction of sp³-hybridized carbons (Fsp3) is 0.414. The Hall–Kier alpha value is -5.18. The summed E-state index contributed by atoms with van der Waals surface area (Å²) in [4.78, 5) is 75.8. The number of aliphatic carboxylic acids is 1. The molecule has 3 atom stereocenters. The largest absolute Gasteiger partial charge is 0.477 e. The molecule has 246 valence electrons. The van der Waals surface area contributed by atoms with Gasteiger partial charge in [0, 0.05) is 36.7 Å². The first-order valence-corrected chi connectivity index (χ1v) is 15.5. The minimum Gasteiger partial charge on any atom is -0.477 e. The van der Waals surface area contributed by atoms with Crippen LogP contribution in [0.2, 0.25) is 0 Å². The summed E-state index contributed by atoms with van der Waals surface area (Å²) in [6.45, 7) is -0.373. The number of carboxylic acid groups (broad SMARTS) is 2. The van der Waals surface area contributed by atoms with E-state index in [0.29, 0.717) is 12.8 Å². The Labute approximate surface area is 267 Å². The number of nitrogens with zero attached hydrogens (tertiary/aromatic N) is 4. The zero-order chi connectivity index (χ0) is 33.7. The third-order valence-electron chi connectivity index (χ3n) is 8.36. The van der Waals surface area contributed by atoms with Crippen molar-refractivity contribution >= 4 is 58.2 Å². The molecule has 1 saturated carbocycles. The van der Waals surface area contributed by atoms with Crippen molar-refractivity contribution in [1.82, 2.24) is 20.1 Å². The number of aromatic nitrogens is 1. The number of pyridine rings is 1. The number of fused-ring (bicyclic) bond motifs is 2. The molecule has 3 fully saturated rings. The van der Waals surface area contributed by atoms with Crippen LogP contribution in [0.5, 0.6) is 0 Å². The minimum absolute atomic E-state index is 0.0306. The standard InChI is InChI=1S/C29H26F2N6O9S/c30-17-7-15-22(36(14-1-2-14)9-16(24(15)39)27(41)42)19(31)23(17)35-6-4-13(8-35)33-29(45)46-10-12-11-47-26-20(34-18(38)3-5-32)25(40)37(26)21(12)28(43)44/h7,9,13-14,20,26H,1-4,6,8,10-11H2,(H,33,45)(H,34,38)(H,41,42)(H,43,44)/t13?,20-,26-/m1/s1. The lowest BCUT2D eigenvalue weighted by molar-refractivity contribution is -0.150. The second-order valence-electron chi connectivity index (χ2n) is 11.4. The van der Waals surface area contributed by atoms with Crippen LogP contribution in [0.1, 0.15) is 42.1 Å². The highest BCUT2D eigenvalue weighted by atomic mass is 32.2. The molecule has 0 spiro atoms. The quantitative estimate of drug-likeness (QED) is 0.278. The summed E-state index contributed by atoms with van der Waals surface area (Å²) >= 11 is 1.16. The maximum absolute atomic E-state index is 16.0. The summed E-state index contributed by atoms with van der Waals surface area (Å²) in [6.07, 6.45) is 1.24. The molecule has 2 aromatic rings. The molecule has 6 rings (SSSR count). The molecular formula is C29H26F2N6O9S. The number of nitriles is 1. The number of carbonyl (C=O) groups is 5. The molecule has 0 radical (unpaired) electrons. The Morgan fingerprint density at radius 3 is 2.51 bits per heavy atom. The van der Waals surface area contributed by atoms with E-state index < -0.39 is 88.6 Å². The van der Waals surface area contributed by atoms with Crippen LogP contribution in [0.3, 0.4) is 0 Å². The Bertz CT molecular complexity index is 1890. The van der Waals surface area contributed by atoms with Crippen molar-refractivity contribution in [1.29, 1.82) is 5.26 Å². The van der Waals surface area contributed by atoms with Gasteiger partial charge in [0.15, 0.2) is 5.82 Å². The molecule has 4 aliphatic rings. The van der Waals surface area contributed by atoms with Gasteiger partial charge in [-0.1, -0.05) is 0 Å². The van der Waals surface area contributed by atoms with E-state index in [2.05, 4.69) is 10.6 Å². The number of ether oxygens (including phenoxy) is 1. The first kappa shape index (κ1) is 31.8. The number of carbonyl (C=O) groups excluding carboxylic acids is 3. The van der Waals surface area contributed by atoms with Gasteiger partial charge >= 0.3 is 18.0 Å². The molecule has 1 unspecified atom stereocenters. The van der Waals surface area contributed by atoms with Crippen molar-refractivity contribution in [2.24, 2.45) is 0 Å². The van der Waals surface area contributed by atoms with Gasteiger partial charge < -0.3 is 35.1 Å². The van der Waals surface area contributed by atoms with Crippen LogP contribution in [0.4, 0.5) is 19.3 Å². The summed E-state index contributed by atoms with van der Waals surface area (Å²) in [5.74, 6) is -6.27. The molecule has 0 bridgehead atoms. The van der Waals surface area contributed by atoms with Crippen molar-refractivity contribution in [3.8, 4) is 6.07 Å². The monoisotopic (exact) mass is 672 g/mol. The zero-order valence-corrected chi connectivity index (χ0v) is 25.1. The van der Waals surface area contributed by atoms with Crippen LogP contribution in [0, 0.1) is 23.0 Å². The third-order valence-corrected chi connectivity index (χ3v) is 9.70. The van der Waals surface area contributed by atoms with Crippen molar-refractivity contribution in [3.63, 3.8) is 0 Å². The van der Waals surface area contributed by atoms with Gasteiger partial charge in [0.1, 0.15) is 47.2 Å². The average molecular weight is 673 g/mol.